The summed E-state index contributed by atoms with van der Waals surface area (Å²) in [6, 6.07) is 0. The van der Waals surface area contributed by atoms with Crippen molar-refractivity contribution in [1.82, 2.24) is 0 Å². The molecule has 632 valence electrons. The molecule has 0 fully saturated rings. The van der Waals surface area contributed by atoms with Crippen LogP contribution in [0.25, 0.3) is 0 Å². The number of rotatable bonds is 77. The molecule has 0 saturated carbocycles. The van der Waals surface area contributed by atoms with Gasteiger partial charge in [0, 0.05) is 25.7 Å². The van der Waals surface area contributed by atoms with Crippen molar-refractivity contribution >= 4 is 39.5 Å². The Balaban J connectivity index is 5.56. The van der Waals surface area contributed by atoms with Gasteiger partial charge < -0.3 is 33.8 Å². The number of aliphatic hydroxyl groups excluding tert-OH is 1. The summed E-state index contributed by atoms with van der Waals surface area (Å²) >= 11 is 0. The number of carbonyl (C=O) groups is 4. The number of allylic oxidation sites excluding steroid dienone is 34. The summed E-state index contributed by atoms with van der Waals surface area (Å²) < 4.78 is 68.6. The third-order valence-corrected chi connectivity index (χ3v) is 18.7. The minimum Gasteiger partial charge on any atom is -0.462 e. The number of hydrogen-bond donors (Lipinski definition) is 3. The molecule has 0 aromatic heterocycles. The van der Waals surface area contributed by atoms with Gasteiger partial charge in [0.15, 0.2) is 12.2 Å². The van der Waals surface area contributed by atoms with Gasteiger partial charge in [-0.15, -0.1) is 0 Å². The molecule has 2 unspecified atom stereocenters. The van der Waals surface area contributed by atoms with Crippen LogP contribution < -0.4 is 0 Å². The molecule has 0 aliphatic heterocycles. The number of unbranched alkanes of at least 4 members (excludes halogenated alkanes) is 17. The fourth-order valence-electron chi connectivity index (χ4n) is 10.5. The molecular weight excluding hydrogens is 1450 g/mol. The van der Waals surface area contributed by atoms with E-state index in [9.17, 15) is 43.2 Å². The van der Waals surface area contributed by atoms with Gasteiger partial charge in [0.1, 0.15) is 19.3 Å². The number of aliphatic hydroxyl groups is 1. The second-order valence-electron chi connectivity index (χ2n) is 27.3. The molecule has 0 aromatic rings. The predicted octanol–water partition coefficient (Wildman–Crippen LogP) is 25.4. The first-order valence-electron chi connectivity index (χ1n) is 42.3. The van der Waals surface area contributed by atoms with E-state index < -0.39 is 97.5 Å². The van der Waals surface area contributed by atoms with E-state index in [0.717, 1.165) is 141 Å². The van der Waals surface area contributed by atoms with Gasteiger partial charge in [-0.05, 0) is 148 Å². The lowest BCUT2D eigenvalue weighted by Crippen LogP contribution is -2.30. The van der Waals surface area contributed by atoms with Crippen molar-refractivity contribution in [1.29, 1.82) is 0 Å². The van der Waals surface area contributed by atoms with E-state index in [-0.39, 0.29) is 25.7 Å². The highest BCUT2D eigenvalue weighted by Gasteiger charge is 2.30. The maximum Gasteiger partial charge on any atom is 0.472 e. The van der Waals surface area contributed by atoms with Crippen molar-refractivity contribution in [2.75, 3.05) is 39.6 Å². The SMILES string of the molecule is CC/C=C\C/C=C\C/C=C\C/C=C\C/C=C\C/C=C\CCC(=O)OC[C@H](COP(=O)(O)OC[C@@H](O)COP(=O)(O)OC[C@@H](COC(=O)CCCCC/C=C\C/C=C\C/C=C\C/C=C\C/C=C\CC)OC(=O)CCCCCCCCCCCCCCCCC)OC(=O)CC/C=C\C/C=C\C/C=C\C/C=C\C/C=C\C/C=C\CC. The highest BCUT2D eigenvalue weighted by atomic mass is 31.2. The van der Waals surface area contributed by atoms with Crippen LogP contribution >= 0.6 is 15.6 Å². The number of carbonyl (C=O) groups excluding carboxylic acids is 4. The Kier molecular flexibility index (Phi) is 77.9. The molecule has 0 aliphatic carbocycles. The summed E-state index contributed by atoms with van der Waals surface area (Å²) in [4.78, 5) is 73.2. The second-order valence-corrected chi connectivity index (χ2v) is 30.2. The smallest absolute Gasteiger partial charge is 0.462 e. The van der Waals surface area contributed by atoms with Crippen molar-refractivity contribution in [2.24, 2.45) is 0 Å². The van der Waals surface area contributed by atoms with Crippen LogP contribution in [0.1, 0.15) is 297 Å². The van der Waals surface area contributed by atoms with E-state index in [2.05, 4.69) is 198 Å². The van der Waals surface area contributed by atoms with Crippen LogP contribution in [0.4, 0.5) is 0 Å². The van der Waals surface area contributed by atoms with E-state index in [1.165, 1.54) is 64.2 Å². The van der Waals surface area contributed by atoms with Gasteiger partial charge in [-0.25, -0.2) is 9.13 Å². The lowest BCUT2D eigenvalue weighted by atomic mass is 10.0. The molecule has 0 radical (unpaired) electrons. The van der Waals surface area contributed by atoms with Crippen molar-refractivity contribution in [3.05, 3.63) is 207 Å². The monoisotopic (exact) mass is 1600 g/mol. The van der Waals surface area contributed by atoms with Gasteiger partial charge in [-0.1, -0.05) is 331 Å². The first-order chi connectivity index (χ1) is 54.7. The summed E-state index contributed by atoms with van der Waals surface area (Å²) in [5, 5.41) is 10.7. The van der Waals surface area contributed by atoms with Crippen LogP contribution in [0.2, 0.25) is 0 Å². The van der Waals surface area contributed by atoms with E-state index in [4.69, 9.17) is 37.0 Å². The lowest BCUT2D eigenvalue weighted by molar-refractivity contribution is -0.161. The third kappa shape index (κ3) is 81.6. The molecule has 0 heterocycles. The van der Waals surface area contributed by atoms with Crippen LogP contribution in [0.5, 0.6) is 0 Å². The lowest BCUT2D eigenvalue weighted by Gasteiger charge is -2.21. The first kappa shape index (κ1) is 106. The zero-order chi connectivity index (χ0) is 81.7. The minimum absolute atomic E-state index is 0.0114. The van der Waals surface area contributed by atoms with Crippen LogP contribution in [-0.2, 0) is 65.4 Å². The molecule has 0 rings (SSSR count). The Morgan fingerprint density at radius 2 is 0.482 bits per heavy atom. The van der Waals surface area contributed by atoms with Gasteiger partial charge in [0.05, 0.1) is 26.4 Å². The standard InChI is InChI=1S/C93H148O17P2/c1-5-9-13-17-21-25-29-33-37-40-43-46-50-53-57-61-65-69-73-77-90(95)103-83-88(109-92(97)79-75-71-67-63-59-55-49-36-32-28-24-20-16-12-8-4)85-107-111(99,100)105-81-87(94)82-106-112(101,102)108-86-89(110-93(98)80-76-72-68-64-60-56-52-48-45-42-39-35-31-27-23-19-15-11-7-3)84-104-91(96)78-74-70-66-62-58-54-51-47-44-41-38-34-30-26-22-18-14-10-6-2/h9-11,13-15,21-23,25-27,33-35,37-39,43-48,53-54,56-58,60,66,68,70,72,87-89,94H,5-8,12,16-20,24,28-32,36,40-42,49-52,55,59,61-65,67,69,71,73-86H2,1-4H3,(H,99,100)(H,101,102)/b13-9-,14-10-,15-11-,25-21-,26-22-,27-23-,37-33-,38-34-,39-35-,46-43-,47-44-,48-45-,57-53-,58-54-,60-56-,70-66-,72-68-/t87-,88+,89+/m0/s1. The molecule has 0 aromatic carbocycles. The van der Waals surface area contributed by atoms with Crippen molar-refractivity contribution < 1.29 is 80.2 Å². The highest BCUT2D eigenvalue weighted by molar-refractivity contribution is 7.47. The Hall–Kier alpha value is -6.36. The predicted molar refractivity (Wildman–Crippen MR) is 463 cm³/mol. The molecule has 0 saturated heterocycles. The molecule has 0 aliphatic rings. The van der Waals surface area contributed by atoms with Crippen molar-refractivity contribution in [3.63, 3.8) is 0 Å². The molecule has 112 heavy (non-hydrogen) atoms. The molecule has 3 N–H and O–H groups in total. The van der Waals surface area contributed by atoms with Gasteiger partial charge >= 0.3 is 39.5 Å². The largest absolute Gasteiger partial charge is 0.472 e. The summed E-state index contributed by atoms with van der Waals surface area (Å²) in [5.74, 6) is -2.42. The second kappa shape index (κ2) is 82.6. The Morgan fingerprint density at radius 1 is 0.259 bits per heavy atom. The van der Waals surface area contributed by atoms with E-state index in [1.54, 1.807) is 0 Å². The summed E-state index contributed by atoms with van der Waals surface area (Å²) in [5.41, 5.74) is 0. The van der Waals surface area contributed by atoms with Gasteiger partial charge in [0.2, 0.25) is 0 Å². The number of ether oxygens (including phenoxy) is 4. The maximum absolute atomic E-state index is 13.1. The van der Waals surface area contributed by atoms with Crippen LogP contribution in [0.15, 0.2) is 207 Å². The van der Waals surface area contributed by atoms with Crippen molar-refractivity contribution in [2.45, 2.75) is 316 Å². The molecule has 5 atom stereocenters. The van der Waals surface area contributed by atoms with Gasteiger partial charge in [0.25, 0.3) is 0 Å². The first-order valence-corrected chi connectivity index (χ1v) is 45.3. The molecule has 17 nitrogen and oxygen atoms in total. The van der Waals surface area contributed by atoms with Crippen molar-refractivity contribution in [3.8, 4) is 0 Å². The van der Waals surface area contributed by atoms with E-state index >= 15 is 0 Å². The normalized spacial score (nSPS) is 14.8. The van der Waals surface area contributed by atoms with E-state index in [1.807, 2.05) is 36.5 Å². The summed E-state index contributed by atoms with van der Waals surface area (Å²) in [6.07, 6.45) is 104. The maximum atomic E-state index is 13.1. The third-order valence-electron chi connectivity index (χ3n) is 16.8. The minimum atomic E-state index is -5.03. The quantitative estimate of drug-likeness (QED) is 0.0169. The van der Waals surface area contributed by atoms with Crippen LogP contribution in [0.3, 0.4) is 0 Å². The molecule has 0 bridgehead atoms. The number of phosphoric ester groups is 2. The number of hydrogen-bond acceptors (Lipinski definition) is 15. The molecule has 0 amide bonds. The Labute approximate surface area is 678 Å². The highest BCUT2D eigenvalue weighted by Crippen LogP contribution is 2.45. The Morgan fingerprint density at radius 3 is 0.786 bits per heavy atom. The summed E-state index contributed by atoms with van der Waals surface area (Å²) in [6.45, 7) is 4.32. The zero-order valence-electron chi connectivity index (χ0n) is 69.3. The number of phosphoric acid groups is 2. The fourth-order valence-corrected chi connectivity index (χ4v) is 12.1. The van der Waals surface area contributed by atoms with E-state index in [0.29, 0.717) is 38.5 Å². The zero-order valence-corrected chi connectivity index (χ0v) is 71.0. The Bertz CT molecular complexity index is 2940. The number of esters is 4. The summed E-state index contributed by atoms with van der Waals surface area (Å²) in [7, 11) is -10.0. The topological polar surface area (TPSA) is 237 Å². The molecule has 19 heteroatoms. The average molecular weight is 1600 g/mol. The average Bonchev–Trinajstić information content (AvgIpc) is 0.898. The molecular formula is C93H148O17P2. The van der Waals surface area contributed by atoms with Crippen LogP contribution in [-0.4, -0.2) is 96.7 Å². The van der Waals surface area contributed by atoms with Gasteiger partial charge in [-0.3, -0.25) is 37.3 Å². The van der Waals surface area contributed by atoms with Gasteiger partial charge in [-0.2, -0.15) is 0 Å². The molecule has 0 spiro atoms. The van der Waals surface area contributed by atoms with Crippen LogP contribution in [0, 0.1) is 0 Å². The fraction of sp³-hybridized carbons (Fsp3) is 0.591.